The summed E-state index contributed by atoms with van der Waals surface area (Å²) < 4.78 is 28.8. The van der Waals surface area contributed by atoms with Gasteiger partial charge in [0, 0.05) is 34.9 Å². The molecular weight excluding hydrogens is 432 g/mol. The third kappa shape index (κ3) is 4.87. The number of benzene rings is 1. The standard InChI is InChI=1S/C22H28N4O5S/c27-19(28)5-3-1-2-4-14-13-24-21-20(14)17-12-16(6-7-18(17)25-22(21)29)32(30,31)26-15-8-10-23-11-9-15/h6-7,12-13,15,23-24,26H,1-5,8-11H2,(H,25,29)(H,27,28). The van der Waals surface area contributed by atoms with E-state index >= 15 is 0 Å². The molecule has 0 amide bonds. The Labute approximate surface area is 185 Å². The second-order valence-corrected chi connectivity index (χ2v) is 10.0. The highest BCUT2D eigenvalue weighted by Crippen LogP contribution is 2.28. The molecule has 1 aliphatic rings. The van der Waals surface area contributed by atoms with Crippen molar-refractivity contribution in [1.82, 2.24) is 20.0 Å². The van der Waals surface area contributed by atoms with E-state index in [9.17, 15) is 18.0 Å². The van der Waals surface area contributed by atoms with Gasteiger partial charge in [-0.1, -0.05) is 6.42 Å². The van der Waals surface area contributed by atoms with Crippen molar-refractivity contribution in [2.45, 2.75) is 55.9 Å². The quantitative estimate of drug-likeness (QED) is 0.310. The fourth-order valence-corrected chi connectivity index (χ4v) is 5.67. The van der Waals surface area contributed by atoms with E-state index < -0.39 is 16.0 Å². The van der Waals surface area contributed by atoms with E-state index in [1.807, 2.05) is 0 Å². The first-order valence-electron chi connectivity index (χ1n) is 11.0. The number of carboxylic acids is 1. The highest BCUT2D eigenvalue weighted by molar-refractivity contribution is 7.89. The van der Waals surface area contributed by atoms with Crippen molar-refractivity contribution in [3.05, 3.63) is 40.3 Å². The summed E-state index contributed by atoms with van der Waals surface area (Å²) in [5.74, 6) is -0.804. The molecule has 0 unspecified atom stereocenters. The van der Waals surface area contributed by atoms with E-state index in [2.05, 4.69) is 20.0 Å². The predicted octanol–water partition coefficient (Wildman–Crippen LogP) is 2.23. The van der Waals surface area contributed by atoms with E-state index in [1.54, 1.807) is 18.3 Å². The largest absolute Gasteiger partial charge is 0.481 e. The van der Waals surface area contributed by atoms with Gasteiger partial charge in [0.25, 0.3) is 5.56 Å². The molecule has 0 atom stereocenters. The van der Waals surface area contributed by atoms with Gasteiger partial charge in [-0.25, -0.2) is 13.1 Å². The minimum atomic E-state index is -3.69. The van der Waals surface area contributed by atoms with Crippen LogP contribution in [0.25, 0.3) is 21.8 Å². The Kier molecular flexibility index (Phi) is 6.63. The van der Waals surface area contributed by atoms with Crippen molar-refractivity contribution in [2.24, 2.45) is 0 Å². The fraction of sp³-hybridized carbons (Fsp3) is 0.455. The Balaban J connectivity index is 1.65. The number of sulfonamides is 1. The van der Waals surface area contributed by atoms with Crippen LogP contribution >= 0.6 is 0 Å². The molecular formula is C22H28N4O5S. The maximum atomic E-state index is 13.0. The predicted molar refractivity (Wildman–Crippen MR) is 122 cm³/mol. The first kappa shape index (κ1) is 22.5. The average molecular weight is 461 g/mol. The molecule has 0 radical (unpaired) electrons. The highest BCUT2D eigenvalue weighted by atomic mass is 32.2. The molecule has 4 rings (SSSR count). The SMILES string of the molecule is O=C(O)CCCCCc1c[nH]c2c(=O)[nH]c3ccc(S(=O)(=O)NC4CCNCC4)cc3c12. The van der Waals surface area contributed by atoms with E-state index in [1.165, 1.54) is 6.07 Å². The molecule has 3 aromatic rings. The number of aromatic amines is 2. The molecule has 10 heteroatoms. The Morgan fingerprint density at radius 1 is 1.16 bits per heavy atom. The van der Waals surface area contributed by atoms with Crippen LogP contribution in [0.4, 0.5) is 0 Å². The van der Waals surface area contributed by atoms with Crippen LogP contribution in [0.1, 0.15) is 44.1 Å². The minimum absolute atomic E-state index is 0.0961. The Morgan fingerprint density at radius 2 is 1.94 bits per heavy atom. The molecule has 1 fully saturated rings. The summed E-state index contributed by atoms with van der Waals surface area (Å²) in [6.45, 7) is 1.57. The third-order valence-electron chi connectivity index (χ3n) is 6.01. The summed E-state index contributed by atoms with van der Waals surface area (Å²) >= 11 is 0. The van der Waals surface area contributed by atoms with Crippen molar-refractivity contribution in [3.63, 3.8) is 0 Å². The minimum Gasteiger partial charge on any atom is -0.481 e. The van der Waals surface area contributed by atoms with Gasteiger partial charge in [0.2, 0.25) is 10.0 Å². The molecule has 2 aromatic heterocycles. The Hall–Kier alpha value is -2.69. The number of nitrogens with one attached hydrogen (secondary N) is 4. The smallest absolute Gasteiger partial charge is 0.303 e. The van der Waals surface area contributed by atoms with Crippen LogP contribution in [0.2, 0.25) is 0 Å². The number of carbonyl (C=O) groups is 1. The monoisotopic (exact) mass is 460 g/mol. The fourth-order valence-electron chi connectivity index (χ4n) is 4.33. The second-order valence-electron chi connectivity index (χ2n) is 8.33. The van der Waals surface area contributed by atoms with Crippen molar-refractivity contribution < 1.29 is 18.3 Å². The zero-order valence-electron chi connectivity index (χ0n) is 17.7. The van der Waals surface area contributed by atoms with Gasteiger partial charge in [-0.05, 0) is 69.0 Å². The number of unbranched alkanes of at least 4 members (excludes halogenated alkanes) is 2. The van der Waals surface area contributed by atoms with Gasteiger partial charge in [0.15, 0.2) is 0 Å². The number of H-pyrrole nitrogens is 2. The number of aromatic nitrogens is 2. The van der Waals surface area contributed by atoms with E-state index in [0.29, 0.717) is 29.3 Å². The van der Waals surface area contributed by atoms with Crippen molar-refractivity contribution in [3.8, 4) is 0 Å². The molecule has 32 heavy (non-hydrogen) atoms. The van der Waals surface area contributed by atoms with Gasteiger partial charge in [0.05, 0.1) is 4.90 Å². The summed E-state index contributed by atoms with van der Waals surface area (Å²) in [5, 5.41) is 13.4. The lowest BCUT2D eigenvalue weighted by atomic mass is 10.0. The van der Waals surface area contributed by atoms with Gasteiger partial charge < -0.3 is 20.4 Å². The van der Waals surface area contributed by atoms with Gasteiger partial charge in [-0.2, -0.15) is 0 Å². The number of hydrogen-bond acceptors (Lipinski definition) is 5. The molecule has 1 aliphatic heterocycles. The molecule has 9 nitrogen and oxygen atoms in total. The molecule has 1 aromatic carbocycles. The molecule has 0 bridgehead atoms. The maximum Gasteiger partial charge on any atom is 0.303 e. The Morgan fingerprint density at radius 3 is 2.69 bits per heavy atom. The van der Waals surface area contributed by atoms with Crippen molar-refractivity contribution >= 4 is 37.8 Å². The van der Waals surface area contributed by atoms with Crippen molar-refractivity contribution in [1.29, 1.82) is 0 Å². The zero-order valence-corrected chi connectivity index (χ0v) is 18.6. The summed E-state index contributed by atoms with van der Waals surface area (Å²) in [6.07, 6.45) is 6.23. The maximum absolute atomic E-state index is 13.0. The highest BCUT2D eigenvalue weighted by Gasteiger charge is 2.23. The zero-order chi connectivity index (χ0) is 22.7. The van der Waals surface area contributed by atoms with Crippen LogP contribution in [-0.4, -0.2) is 48.6 Å². The number of pyridine rings is 1. The topological polar surface area (TPSA) is 144 Å². The lowest BCUT2D eigenvalue weighted by molar-refractivity contribution is -0.137. The number of piperidine rings is 1. The lowest BCUT2D eigenvalue weighted by Gasteiger charge is -2.23. The molecule has 5 N–H and O–H groups in total. The summed E-state index contributed by atoms with van der Waals surface area (Å²) in [7, 11) is -3.69. The number of aryl methyl sites for hydroxylation is 1. The summed E-state index contributed by atoms with van der Waals surface area (Å²) in [4.78, 5) is 29.2. The number of fused-ring (bicyclic) bond motifs is 3. The van der Waals surface area contributed by atoms with Gasteiger partial charge >= 0.3 is 5.97 Å². The van der Waals surface area contributed by atoms with E-state index in [0.717, 1.165) is 49.7 Å². The number of rotatable bonds is 9. The van der Waals surface area contributed by atoms with Crippen LogP contribution in [-0.2, 0) is 21.2 Å². The van der Waals surface area contributed by atoms with E-state index in [4.69, 9.17) is 5.11 Å². The van der Waals surface area contributed by atoms with Crippen LogP contribution in [0.15, 0.2) is 34.1 Å². The van der Waals surface area contributed by atoms with Crippen LogP contribution < -0.4 is 15.6 Å². The van der Waals surface area contributed by atoms with Gasteiger partial charge in [-0.3, -0.25) is 9.59 Å². The van der Waals surface area contributed by atoms with Gasteiger partial charge in [0.1, 0.15) is 5.52 Å². The third-order valence-corrected chi connectivity index (χ3v) is 7.52. The van der Waals surface area contributed by atoms with Crippen LogP contribution in [0.5, 0.6) is 0 Å². The summed E-state index contributed by atoms with van der Waals surface area (Å²) in [5.41, 5.74) is 1.66. The molecule has 0 spiro atoms. The molecule has 3 heterocycles. The number of carboxylic acid groups (broad SMARTS) is 1. The average Bonchev–Trinajstić information content (AvgIpc) is 3.18. The van der Waals surface area contributed by atoms with Gasteiger partial charge in [-0.15, -0.1) is 0 Å². The molecule has 1 saturated heterocycles. The van der Waals surface area contributed by atoms with Crippen LogP contribution in [0, 0.1) is 0 Å². The number of hydrogen-bond donors (Lipinski definition) is 5. The number of aliphatic carboxylic acids is 1. The first-order chi connectivity index (χ1) is 15.3. The van der Waals surface area contributed by atoms with E-state index in [-0.39, 0.29) is 22.9 Å². The van der Waals surface area contributed by atoms with Crippen LogP contribution in [0.3, 0.4) is 0 Å². The molecule has 0 aliphatic carbocycles. The second kappa shape index (κ2) is 9.43. The van der Waals surface area contributed by atoms with Crippen molar-refractivity contribution in [2.75, 3.05) is 13.1 Å². The molecule has 0 saturated carbocycles. The lowest BCUT2D eigenvalue weighted by Crippen LogP contribution is -2.42. The normalized spacial score (nSPS) is 15.5. The Bertz CT molecular complexity index is 1290. The first-order valence-corrected chi connectivity index (χ1v) is 12.4. The molecule has 172 valence electrons. The summed E-state index contributed by atoms with van der Waals surface area (Å²) in [6, 6.07) is 4.68.